The van der Waals surface area contributed by atoms with E-state index in [4.69, 9.17) is 0 Å². The zero-order valence-electron chi connectivity index (χ0n) is 14.2. The predicted molar refractivity (Wildman–Crippen MR) is 107 cm³/mol. The van der Waals surface area contributed by atoms with Crippen LogP contribution in [-0.4, -0.2) is 25.4 Å². The lowest BCUT2D eigenvalue weighted by Crippen LogP contribution is -2.47. The molecule has 1 radical (unpaired) electrons. The number of hydrogen-bond acceptors (Lipinski definition) is 4. The van der Waals surface area contributed by atoms with Crippen molar-refractivity contribution < 1.29 is 9.59 Å². The first-order valence-corrected chi connectivity index (χ1v) is 10.8. The standard InChI is InChI=1S/C19H18N3O2SSi/c1-2-26(22-17(23)15-11-7-4-8-12-15)19(24)21-18-20-16(13-25-18)14-9-5-3-6-10-14/h3-13H,2H2,1H3,(H,22,23)(H,20,21,24). The summed E-state index contributed by atoms with van der Waals surface area (Å²) < 4.78 is 0. The Morgan fingerprint density at radius 3 is 2.35 bits per heavy atom. The van der Waals surface area contributed by atoms with Gasteiger partial charge in [0.15, 0.2) is 5.13 Å². The Hall–Kier alpha value is -2.77. The summed E-state index contributed by atoms with van der Waals surface area (Å²) in [5.74, 6) is -0.222. The fourth-order valence-electron chi connectivity index (χ4n) is 2.35. The van der Waals surface area contributed by atoms with Crippen LogP contribution in [0.5, 0.6) is 0 Å². The molecule has 5 nitrogen and oxygen atoms in total. The van der Waals surface area contributed by atoms with Gasteiger partial charge in [0.05, 0.1) is 5.69 Å². The molecule has 1 aromatic heterocycles. The lowest BCUT2D eigenvalue weighted by atomic mass is 10.2. The summed E-state index contributed by atoms with van der Waals surface area (Å²) in [5.41, 5.74) is 2.21. The maximum absolute atomic E-state index is 12.5. The molecule has 0 saturated carbocycles. The Kier molecular flexibility index (Phi) is 5.93. The van der Waals surface area contributed by atoms with Gasteiger partial charge in [0.1, 0.15) is 0 Å². The van der Waals surface area contributed by atoms with Gasteiger partial charge in [0.2, 0.25) is 11.4 Å². The first kappa shape index (κ1) is 18.0. The monoisotopic (exact) mass is 380 g/mol. The quantitative estimate of drug-likeness (QED) is 0.624. The third kappa shape index (κ3) is 4.44. The van der Waals surface area contributed by atoms with Crippen LogP contribution in [0.4, 0.5) is 9.93 Å². The second-order valence-corrected chi connectivity index (χ2v) is 8.74. The van der Waals surface area contributed by atoms with Gasteiger partial charge in [-0.1, -0.05) is 55.5 Å². The van der Waals surface area contributed by atoms with Crippen molar-refractivity contribution in [1.82, 2.24) is 9.97 Å². The molecule has 0 aliphatic heterocycles. The minimum atomic E-state index is -1.74. The number of thiazole rings is 1. The van der Waals surface area contributed by atoms with E-state index in [0.717, 1.165) is 11.3 Å². The molecule has 1 heterocycles. The molecule has 131 valence electrons. The van der Waals surface area contributed by atoms with Crippen LogP contribution < -0.4 is 10.3 Å². The van der Waals surface area contributed by atoms with Crippen molar-refractivity contribution in [3.63, 3.8) is 0 Å². The number of hydrogen-bond donors (Lipinski definition) is 2. The zero-order chi connectivity index (χ0) is 18.4. The fraction of sp³-hybridized carbons (Fsp3) is 0.105. The summed E-state index contributed by atoms with van der Waals surface area (Å²) in [7, 11) is -1.74. The van der Waals surface area contributed by atoms with Gasteiger partial charge in [-0.05, 0) is 18.2 Å². The maximum Gasteiger partial charge on any atom is 0.281 e. The Bertz CT molecular complexity index is 884. The minimum Gasteiger partial charge on any atom is -0.370 e. The topological polar surface area (TPSA) is 71.1 Å². The summed E-state index contributed by atoms with van der Waals surface area (Å²) in [6.07, 6.45) is 0. The summed E-state index contributed by atoms with van der Waals surface area (Å²) in [4.78, 5) is 32.2. The first-order chi connectivity index (χ1) is 12.7. The van der Waals surface area contributed by atoms with E-state index in [9.17, 15) is 9.59 Å². The minimum absolute atomic E-state index is 0.171. The number of carbonyl (C=O) groups excluding carboxylic acids is 2. The van der Waals surface area contributed by atoms with E-state index in [-0.39, 0.29) is 11.4 Å². The second-order valence-electron chi connectivity index (χ2n) is 5.51. The zero-order valence-corrected chi connectivity index (χ0v) is 16.0. The van der Waals surface area contributed by atoms with Gasteiger partial charge in [-0.25, -0.2) is 4.98 Å². The van der Waals surface area contributed by atoms with Crippen LogP contribution in [0.15, 0.2) is 66.0 Å². The molecular weight excluding hydrogens is 362 g/mol. The maximum atomic E-state index is 12.5. The summed E-state index contributed by atoms with van der Waals surface area (Å²) >= 11 is 1.38. The van der Waals surface area contributed by atoms with Crippen LogP contribution in [0.1, 0.15) is 17.3 Å². The average molecular weight is 381 g/mol. The molecule has 0 bridgehead atoms. The molecule has 2 aromatic carbocycles. The summed E-state index contributed by atoms with van der Waals surface area (Å²) in [6.45, 7) is 1.90. The molecule has 0 spiro atoms. The number of rotatable bonds is 6. The highest BCUT2D eigenvalue weighted by Gasteiger charge is 2.24. The number of amides is 2. The Morgan fingerprint density at radius 1 is 1.04 bits per heavy atom. The van der Waals surface area contributed by atoms with Crippen molar-refractivity contribution in [2.75, 3.05) is 5.32 Å². The van der Waals surface area contributed by atoms with Crippen molar-refractivity contribution >= 4 is 36.9 Å². The van der Waals surface area contributed by atoms with Gasteiger partial charge < -0.3 is 10.3 Å². The number of carbonyl (C=O) groups is 2. The summed E-state index contributed by atoms with van der Waals surface area (Å²) in [6, 6.07) is 19.3. The SMILES string of the molecule is CC[Si](NC(=O)c1ccccc1)C(=O)Nc1nc(-c2ccccc2)cs1. The largest absolute Gasteiger partial charge is 0.370 e. The third-order valence-electron chi connectivity index (χ3n) is 3.72. The third-order valence-corrected chi connectivity index (χ3v) is 6.39. The van der Waals surface area contributed by atoms with Crippen molar-refractivity contribution in [1.29, 1.82) is 0 Å². The van der Waals surface area contributed by atoms with Crippen LogP contribution in [0.25, 0.3) is 11.3 Å². The van der Waals surface area contributed by atoms with Gasteiger partial charge in [0, 0.05) is 16.5 Å². The highest BCUT2D eigenvalue weighted by molar-refractivity contribution is 7.14. The average Bonchev–Trinajstić information content (AvgIpc) is 3.15. The van der Waals surface area contributed by atoms with Gasteiger partial charge in [0.25, 0.3) is 8.96 Å². The first-order valence-electron chi connectivity index (χ1n) is 8.22. The number of aromatic nitrogens is 1. The molecule has 0 fully saturated rings. The lowest BCUT2D eigenvalue weighted by Gasteiger charge is -2.13. The van der Waals surface area contributed by atoms with Crippen molar-refractivity contribution in [3.8, 4) is 11.3 Å². The van der Waals surface area contributed by atoms with Crippen LogP contribution in [0.3, 0.4) is 0 Å². The van der Waals surface area contributed by atoms with Crippen LogP contribution >= 0.6 is 11.3 Å². The highest BCUT2D eigenvalue weighted by atomic mass is 32.1. The smallest absolute Gasteiger partial charge is 0.281 e. The molecule has 7 heteroatoms. The number of benzene rings is 2. The van der Waals surface area contributed by atoms with Gasteiger partial charge in [-0.3, -0.25) is 9.59 Å². The van der Waals surface area contributed by atoms with E-state index in [1.165, 1.54) is 11.3 Å². The lowest BCUT2D eigenvalue weighted by molar-refractivity contribution is 0.0979. The molecule has 0 aliphatic carbocycles. The van der Waals surface area contributed by atoms with Crippen molar-refractivity contribution in [3.05, 3.63) is 71.6 Å². The Labute approximate surface area is 157 Å². The van der Waals surface area contributed by atoms with E-state index in [1.54, 1.807) is 24.3 Å². The van der Waals surface area contributed by atoms with Gasteiger partial charge in [-0.2, -0.15) is 0 Å². The molecular formula is C19H18N3O2SSi. The molecule has 3 aromatic rings. The predicted octanol–water partition coefficient (Wildman–Crippen LogP) is 4.37. The highest BCUT2D eigenvalue weighted by Crippen LogP contribution is 2.24. The van der Waals surface area contributed by atoms with Crippen LogP contribution in [0.2, 0.25) is 6.04 Å². The number of nitrogens with one attached hydrogen (secondary N) is 2. The Balaban J connectivity index is 1.64. The normalized spacial score (nSPS) is 10.5. The van der Waals surface area contributed by atoms with Crippen molar-refractivity contribution in [2.24, 2.45) is 0 Å². The molecule has 2 amide bonds. The number of nitrogens with zero attached hydrogens (tertiary/aromatic N) is 1. The van der Waals surface area contributed by atoms with Crippen LogP contribution in [-0.2, 0) is 0 Å². The van der Waals surface area contributed by atoms with E-state index < -0.39 is 8.96 Å². The van der Waals surface area contributed by atoms with Crippen molar-refractivity contribution in [2.45, 2.75) is 13.0 Å². The number of anilines is 1. The summed E-state index contributed by atoms with van der Waals surface area (Å²) in [5, 5.41) is 5.29. The molecule has 0 atom stereocenters. The van der Waals surface area contributed by atoms with Gasteiger partial charge >= 0.3 is 0 Å². The van der Waals surface area contributed by atoms with Gasteiger partial charge in [-0.15, -0.1) is 11.3 Å². The molecule has 3 rings (SSSR count). The van der Waals surface area contributed by atoms with Crippen LogP contribution in [0, 0.1) is 0 Å². The van der Waals surface area contributed by atoms with E-state index in [1.807, 2.05) is 48.7 Å². The molecule has 0 unspecified atom stereocenters. The molecule has 0 aliphatic rings. The van der Waals surface area contributed by atoms with E-state index >= 15 is 0 Å². The fourth-order valence-corrected chi connectivity index (χ4v) is 4.45. The second kappa shape index (κ2) is 8.55. The van der Waals surface area contributed by atoms with E-state index in [0.29, 0.717) is 16.7 Å². The van der Waals surface area contributed by atoms with E-state index in [2.05, 4.69) is 15.3 Å². The Morgan fingerprint density at radius 2 is 1.69 bits per heavy atom. The molecule has 0 saturated heterocycles. The molecule has 26 heavy (non-hydrogen) atoms. The molecule has 2 N–H and O–H groups in total.